The van der Waals surface area contributed by atoms with Crippen molar-refractivity contribution in [3.63, 3.8) is 0 Å². The largest absolute Gasteiger partial charge is 0.448 e. The van der Waals surface area contributed by atoms with Gasteiger partial charge in [0, 0.05) is 84.5 Å². The van der Waals surface area contributed by atoms with Crippen molar-refractivity contribution in [2.75, 3.05) is 78.6 Å². The molecule has 10 nitrogen and oxygen atoms in total. The lowest BCUT2D eigenvalue weighted by Gasteiger charge is -2.47. The lowest BCUT2D eigenvalue weighted by molar-refractivity contribution is -0.0155. The number of ether oxygens (including phenoxy) is 2. The van der Waals surface area contributed by atoms with Gasteiger partial charge in [0.15, 0.2) is 6.23 Å². The monoisotopic (exact) mass is 522 g/mol. The molecule has 0 radical (unpaired) electrons. The van der Waals surface area contributed by atoms with Crippen molar-refractivity contribution in [2.45, 2.75) is 77.6 Å². The van der Waals surface area contributed by atoms with Crippen LogP contribution in [-0.4, -0.2) is 129 Å². The zero-order valence-corrected chi connectivity index (χ0v) is 23.4. The highest BCUT2D eigenvalue weighted by molar-refractivity contribution is 5.68. The molecule has 0 saturated carbocycles. The fraction of sp³-hybridized carbons (Fsp3) is 0.926. The fourth-order valence-corrected chi connectivity index (χ4v) is 6.63. The summed E-state index contributed by atoms with van der Waals surface area (Å²) in [4.78, 5) is 35.1. The minimum absolute atomic E-state index is 0.0103. The summed E-state index contributed by atoms with van der Waals surface area (Å²) < 4.78 is 11.5. The molecule has 2 amide bonds. The molecular weight excluding hydrogens is 472 g/mol. The van der Waals surface area contributed by atoms with Crippen molar-refractivity contribution < 1.29 is 19.1 Å². The molecule has 6 rings (SSSR count). The molecule has 4 bridgehead atoms. The molecule has 0 spiro atoms. The van der Waals surface area contributed by atoms with Gasteiger partial charge >= 0.3 is 12.2 Å². The zero-order valence-electron chi connectivity index (χ0n) is 23.4. The maximum Gasteiger partial charge on any atom is 0.408 e. The number of hydrogen-bond acceptors (Lipinski definition) is 8. The third-order valence-corrected chi connectivity index (χ3v) is 8.76. The molecule has 0 aliphatic carbocycles. The Morgan fingerprint density at radius 1 is 0.919 bits per heavy atom. The number of rotatable bonds is 12. The van der Waals surface area contributed by atoms with Crippen LogP contribution in [0.25, 0.3) is 0 Å². The molecule has 37 heavy (non-hydrogen) atoms. The first kappa shape index (κ1) is 28.4. The highest BCUT2D eigenvalue weighted by atomic mass is 16.6. The lowest BCUT2D eigenvalue weighted by atomic mass is 9.78. The van der Waals surface area contributed by atoms with E-state index < -0.39 is 0 Å². The Bertz CT molecular complexity index is 740. The number of amides is 2. The summed E-state index contributed by atoms with van der Waals surface area (Å²) in [5.41, 5.74) is -0.143. The van der Waals surface area contributed by atoms with Crippen LogP contribution in [0.4, 0.5) is 9.59 Å². The Morgan fingerprint density at radius 2 is 1.62 bits per heavy atom. The third kappa shape index (κ3) is 8.18. The standard InChI is InChI=1S/C27H50N6O4/c1-4-6-22(29-26(35)36-20-23-19-31-12-14-32(23)15-13-31)18-27(3,8-5-2)21-28-25(34)37-24-7-9-30-10-16-33(24)17-11-30/h22-24H,4-21H2,1-3H3,(H,28,34)(H,29,35). The van der Waals surface area contributed by atoms with Gasteiger partial charge in [-0.1, -0.05) is 33.6 Å². The van der Waals surface area contributed by atoms with Gasteiger partial charge in [-0.15, -0.1) is 0 Å². The van der Waals surface area contributed by atoms with Gasteiger partial charge in [0.1, 0.15) is 6.61 Å². The number of alkyl carbamates (subject to hydrolysis) is 2. The van der Waals surface area contributed by atoms with Crippen LogP contribution in [0.15, 0.2) is 0 Å². The van der Waals surface area contributed by atoms with Gasteiger partial charge in [-0.05, 0) is 24.7 Å². The minimum atomic E-state index is -0.334. The summed E-state index contributed by atoms with van der Waals surface area (Å²) in [5.74, 6) is 0. The number of piperazine rings is 4. The van der Waals surface area contributed by atoms with Crippen LogP contribution in [0.3, 0.4) is 0 Å². The summed E-state index contributed by atoms with van der Waals surface area (Å²) in [6, 6.07) is 0.312. The molecule has 6 saturated heterocycles. The maximum atomic E-state index is 12.8. The SMILES string of the molecule is CCCC(CC(C)(CCC)CNC(=O)OC1CCN2CCN1CC2)NC(=O)OCC1CN2CCN1CC2. The lowest BCUT2D eigenvalue weighted by Crippen LogP contribution is -2.62. The Balaban J connectivity index is 1.24. The number of hydrogen-bond donors (Lipinski definition) is 2. The molecule has 4 atom stereocenters. The van der Waals surface area contributed by atoms with Crippen molar-refractivity contribution in [3.8, 4) is 0 Å². The van der Waals surface area contributed by atoms with Crippen molar-refractivity contribution in [3.05, 3.63) is 0 Å². The fourth-order valence-electron chi connectivity index (χ4n) is 6.63. The first-order valence-electron chi connectivity index (χ1n) is 14.7. The van der Waals surface area contributed by atoms with Crippen molar-refractivity contribution in [1.29, 1.82) is 0 Å². The molecule has 0 aromatic heterocycles. The van der Waals surface area contributed by atoms with E-state index >= 15 is 0 Å². The Kier molecular flexibility index (Phi) is 10.3. The van der Waals surface area contributed by atoms with E-state index in [9.17, 15) is 9.59 Å². The molecule has 0 aromatic carbocycles. The molecule has 6 heterocycles. The molecule has 6 aliphatic rings. The van der Waals surface area contributed by atoms with E-state index in [2.05, 4.69) is 51.0 Å². The van der Waals surface area contributed by atoms with E-state index in [0.29, 0.717) is 19.2 Å². The second-order valence-electron chi connectivity index (χ2n) is 11.9. The second-order valence-corrected chi connectivity index (χ2v) is 11.9. The first-order valence-corrected chi connectivity index (χ1v) is 14.7. The van der Waals surface area contributed by atoms with Gasteiger partial charge in [0.05, 0.1) is 6.04 Å². The summed E-state index contributed by atoms with van der Waals surface area (Å²) in [7, 11) is 0. The molecule has 6 fully saturated rings. The van der Waals surface area contributed by atoms with Crippen LogP contribution in [0, 0.1) is 5.41 Å². The van der Waals surface area contributed by atoms with E-state index in [1.807, 2.05) is 0 Å². The van der Waals surface area contributed by atoms with Crippen molar-refractivity contribution in [2.24, 2.45) is 5.41 Å². The van der Waals surface area contributed by atoms with E-state index in [1.165, 1.54) is 0 Å². The van der Waals surface area contributed by atoms with Crippen LogP contribution >= 0.6 is 0 Å². The highest BCUT2D eigenvalue weighted by Crippen LogP contribution is 2.30. The van der Waals surface area contributed by atoms with Gasteiger partial charge in [-0.25, -0.2) is 9.59 Å². The molecule has 0 aromatic rings. The zero-order chi connectivity index (χ0) is 26.3. The van der Waals surface area contributed by atoms with Gasteiger partial charge in [-0.2, -0.15) is 0 Å². The van der Waals surface area contributed by atoms with Crippen LogP contribution in [0.2, 0.25) is 0 Å². The highest BCUT2D eigenvalue weighted by Gasteiger charge is 2.34. The van der Waals surface area contributed by atoms with Gasteiger partial charge in [0.25, 0.3) is 0 Å². The van der Waals surface area contributed by atoms with Crippen LogP contribution in [0.5, 0.6) is 0 Å². The molecule has 10 heteroatoms. The number of nitrogens with zero attached hydrogens (tertiary/aromatic N) is 4. The maximum absolute atomic E-state index is 12.8. The Hall–Kier alpha value is -1.62. The van der Waals surface area contributed by atoms with Crippen LogP contribution < -0.4 is 10.6 Å². The van der Waals surface area contributed by atoms with Gasteiger partial charge < -0.3 is 25.0 Å². The summed E-state index contributed by atoms with van der Waals surface area (Å²) in [5, 5.41) is 6.21. The normalized spacial score (nSPS) is 33.2. The summed E-state index contributed by atoms with van der Waals surface area (Å²) in [6.07, 6.45) is 4.69. The van der Waals surface area contributed by atoms with Crippen molar-refractivity contribution >= 4 is 12.2 Å². The second kappa shape index (κ2) is 13.4. The van der Waals surface area contributed by atoms with Crippen LogP contribution in [0.1, 0.15) is 59.3 Å². The molecule has 4 unspecified atom stereocenters. The molecule has 212 valence electrons. The number of nitrogens with one attached hydrogen (secondary N) is 2. The molecular formula is C27H50N6O4. The van der Waals surface area contributed by atoms with Crippen LogP contribution in [-0.2, 0) is 9.47 Å². The Morgan fingerprint density at radius 3 is 2.27 bits per heavy atom. The number of fused-ring (bicyclic) bond motifs is 7. The summed E-state index contributed by atoms with van der Waals surface area (Å²) in [6.45, 7) is 17.9. The quantitative estimate of drug-likeness (QED) is 0.403. The number of carbonyl (C=O) groups excluding carboxylic acids is 2. The smallest absolute Gasteiger partial charge is 0.408 e. The average Bonchev–Trinajstić information content (AvgIpc) is 3.20. The van der Waals surface area contributed by atoms with E-state index in [0.717, 1.165) is 104 Å². The molecule has 6 aliphatic heterocycles. The van der Waals surface area contributed by atoms with E-state index in [4.69, 9.17) is 9.47 Å². The molecule has 2 N–H and O–H groups in total. The van der Waals surface area contributed by atoms with E-state index in [-0.39, 0.29) is 29.9 Å². The first-order chi connectivity index (χ1) is 17.9. The third-order valence-electron chi connectivity index (χ3n) is 8.76. The Labute approximate surface area is 223 Å². The predicted molar refractivity (Wildman–Crippen MR) is 144 cm³/mol. The topological polar surface area (TPSA) is 89.6 Å². The predicted octanol–water partition coefficient (Wildman–Crippen LogP) is 2.15. The minimum Gasteiger partial charge on any atom is -0.448 e. The van der Waals surface area contributed by atoms with Gasteiger partial charge in [-0.3, -0.25) is 14.7 Å². The van der Waals surface area contributed by atoms with E-state index in [1.54, 1.807) is 0 Å². The van der Waals surface area contributed by atoms with Crippen molar-refractivity contribution in [1.82, 2.24) is 30.2 Å². The summed E-state index contributed by atoms with van der Waals surface area (Å²) >= 11 is 0. The van der Waals surface area contributed by atoms with Gasteiger partial charge in [0.2, 0.25) is 0 Å². The average molecular weight is 523 g/mol. The number of carbonyl (C=O) groups is 2.